The van der Waals surface area contributed by atoms with Crippen molar-refractivity contribution in [1.82, 2.24) is 14.5 Å². The lowest BCUT2D eigenvalue weighted by molar-refractivity contribution is -0.148. The second kappa shape index (κ2) is 11.3. The third-order valence-electron chi connectivity index (χ3n) is 7.41. The van der Waals surface area contributed by atoms with Crippen LogP contribution in [0.2, 0.25) is 0 Å². The number of pyridine rings is 2. The third-order valence-corrected chi connectivity index (χ3v) is 7.41. The Kier molecular flexibility index (Phi) is 7.68. The number of anilines is 1. The molecule has 0 N–H and O–H groups in total. The highest BCUT2D eigenvalue weighted by Crippen LogP contribution is 2.39. The summed E-state index contributed by atoms with van der Waals surface area (Å²) in [5.74, 6) is -0.969. The number of piperazine rings is 1. The van der Waals surface area contributed by atoms with E-state index in [0.717, 1.165) is 0 Å². The monoisotopic (exact) mass is 559 g/mol. The molecule has 0 amide bonds. The van der Waals surface area contributed by atoms with Crippen molar-refractivity contribution in [2.45, 2.75) is 12.1 Å². The van der Waals surface area contributed by atoms with E-state index in [0.29, 0.717) is 40.9 Å². The first-order valence-electron chi connectivity index (χ1n) is 12.8. The summed E-state index contributed by atoms with van der Waals surface area (Å²) in [5, 5.41) is 0. The summed E-state index contributed by atoms with van der Waals surface area (Å²) < 4.78 is 40.3. The summed E-state index contributed by atoms with van der Waals surface area (Å²) in [7, 11) is 4.36. The lowest BCUT2D eigenvalue weighted by Crippen LogP contribution is -2.58. The molecular formula is C30H27F2N5O4. The topological polar surface area (TPSA) is 81.3 Å². The van der Waals surface area contributed by atoms with Gasteiger partial charge in [-0.2, -0.15) is 0 Å². The van der Waals surface area contributed by atoms with Crippen molar-refractivity contribution >= 4 is 28.5 Å². The molecule has 2 atom stereocenters. The molecule has 1 saturated heterocycles. The maximum absolute atomic E-state index is 14.2. The molecule has 5 rings (SSSR count). The molecule has 0 saturated carbocycles. The van der Waals surface area contributed by atoms with Crippen LogP contribution in [0.4, 0.5) is 20.3 Å². The van der Waals surface area contributed by atoms with Crippen LogP contribution in [0.15, 0.2) is 65.5 Å². The predicted octanol–water partition coefficient (Wildman–Crippen LogP) is 4.22. The van der Waals surface area contributed by atoms with E-state index >= 15 is 0 Å². The molecule has 2 unspecified atom stereocenters. The first-order valence-corrected chi connectivity index (χ1v) is 12.8. The molecule has 1 aliphatic heterocycles. The fraction of sp³-hybridized carbons (Fsp3) is 0.267. The number of aromatic nitrogens is 2. The first-order chi connectivity index (χ1) is 19.7. The molecule has 41 heavy (non-hydrogen) atoms. The van der Waals surface area contributed by atoms with Crippen LogP contribution in [0.1, 0.15) is 17.2 Å². The Labute approximate surface area is 235 Å². The Hall–Kier alpha value is -4.82. The second-order valence-corrected chi connectivity index (χ2v) is 9.64. The number of nitrogens with zero attached hydrogens (tertiary/aromatic N) is 5. The van der Waals surface area contributed by atoms with Crippen molar-refractivity contribution in [2.24, 2.45) is 7.05 Å². The number of esters is 1. The molecule has 3 heterocycles. The largest absolute Gasteiger partial charge is 0.496 e. The molecule has 9 nitrogen and oxygen atoms in total. The highest BCUT2D eigenvalue weighted by Gasteiger charge is 2.40. The van der Waals surface area contributed by atoms with E-state index in [1.54, 1.807) is 37.4 Å². The van der Waals surface area contributed by atoms with Gasteiger partial charge in [0.15, 0.2) is 0 Å². The van der Waals surface area contributed by atoms with Crippen LogP contribution in [0.5, 0.6) is 5.75 Å². The molecule has 0 aliphatic carbocycles. The van der Waals surface area contributed by atoms with Crippen molar-refractivity contribution in [3.63, 3.8) is 0 Å². The summed E-state index contributed by atoms with van der Waals surface area (Å²) in [4.78, 5) is 37.9. The average Bonchev–Trinajstić information content (AvgIpc) is 3.00. The number of aryl methyl sites for hydroxylation is 1. The lowest BCUT2D eigenvalue weighted by atomic mass is 9.93. The van der Waals surface area contributed by atoms with Gasteiger partial charge in [-0.15, -0.1) is 4.98 Å². The van der Waals surface area contributed by atoms with Gasteiger partial charge in [0.1, 0.15) is 23.4 Å². The van der Waals surface area contributed by atoms with Crippen LogP contribution in [-0.4, -0.2) is 60.3 Å². The van der Waals surface area contributed by atoms with Crippen molar-refractivity contribution in [3.05, 3.63) is 105 Å². The molecule has 0 bridgehead atoms. The average molecular weight is 560 g/mol. The van der Waals surface area contributed by atoms with Gasteiger partial charge in [-0.3, -0.25) is 14.5 Å². The Balaban J connectivity index is 1.62. The maximum Gasteiger partial charge on any atom is 0.324 e. The number of carbonyl (C=O) groups is 1. The van der Waals surface area contributed by atoms with Gasteiger partial charge < -0.3 is 23.8 Å². The number of fused-ring (bicyclic) bond motifs is 1. The molecular weight excluding hydrogens is 532 g/mol. The number of methoxy groups -OCH3 is 2. The standard InChI is InChI=1S/C30H27F2N5O4/c1-33-26-12-11-22-28(34-26)23(16-27(38)35(22)2)36-13-14-37(24(17-36)30(39)41-4)29(18-5-7-19(31)8-6-18)21-10-9-20(32)15-25(21)40-3/h5-12,15-16,24,29H,13-14,17H2,2-4H3. The number of hydrogen-bond donors (Lipinski definition) is 0. The van der Waals surface area contributed by atoms with Crippen LogP contribution < -0.4 is 15.2 Å². The molecule has 1 fully saturated rings. The molecule has 11 heteroatoms. The van der Waals surface area contributed by atoms with E-state index in [2.05, 4.69) is 9.83 Å². The van der Waals surface area contributed by atoms with E-state index in [1.807, 2.05) is 9.80 Å². The second-order valence-electron chi connectivity index (χ2n) is 9.64. The number of ether oxygens (including phenoxy) is 2. The summed E-state index contributed by atoms with van der Waals surface area (Å²) in [5.41, 5.74) is 2.51. The van der Waals surface area contributed by atoms with E-state index in [1.165, 1.54) is 49.1 Å². The van der Waals surface area contributed by atoms with Gasteiger partial charge >= 0.3 is 5.97 Å². The van der Waals surface area contributed by atoms with Crippen molar-refractivity contribution in [1.29, 1.82) is 0 Å². The lowest BCUT2D eigenvalue weighted by Gasteiger charge is -2.45. The van der Waals surface area contributed by atoms with Crippen LogP contribution in [0.25, 0.3) is 15.9 Å². The fourth-order valence-corrected chi connectivity index (χ4v) is 5.38. The summed E-state index contributed by atoms with van der Waals surface area (Å²) in [6.45, 7) is 8.20. The van der Waals surface area contributed by atoms with E-state index in [9.17, 15) is 18.4 Å². The van der Waals surface area contributed by atoms with E-state index < -0.39 is 29.7 Å². The molecule has 0 spiro atoms. The maximum atomic E-state index is 14.2. The van der Waals surface area contributed by atoms with Crippen LogP contribution >= 0.6 is 0 Å². The number of halogens is 2. The zero-order valence-electron chi connectivity index (χ0n) is 22.7. The first kappa shape index (κ1) is 27.7. The Bertz CT molecular complexity index is 1720. The molecule has 2 aromatic carbocycles. The Morgan fingerprint density at radius 1 is 1.05 bits per heavy atom. The minimum Gasteiger partial charge on any atom is -0.496 e. The predicted molar refractivity (Wildman–Crippen MR) is 149 cm³/mol. The molecule has 2 aromatic heterocycles. The number of benzene rings is 2. The van der Waals surface area contributed by atoms with Gasteiger partial charge in [-0.25, -0.2) is 8.78 Å². The summed E-state index contributed by atoms with van der Waals surface area (Å²) in [6.07, 6.45) is 0. The Morgan fingerprint density at radius 3 is 2.46 bits per heavy atom. The minimum absolute atomic E-state index is 0.125. The quantitative estimate of drug-likeness (QED) is 0.259. The molecule has 1 aliphatic rings. The molecule has 4 aromatic rings. The van der Waals surface area contributed by atoms with E-state index in [4.69, 9.17) is 16.0 Å². The number of carbonyl (C=O) groups excluding carboxylic acids is 1. The molecule has 210 valence electrons. The SMILES string of the molecule is [C-]#[N+]c1ccc2c(n1)c(N1CCN(C(c3ccc(F)cc3)c3ccc(F)cc3OC)C(C(=O)OC)C1)cc(=O)n2C. The fourth-order valence-electron chi connectivity index (χ4n) is 5.38. The zero-order chi connectivity index (χ0) is 29.3. The number of rotatable bonds is 6. The van der Waals surface area contributed by atoms with Gasteiger partial charge in [0.2, 0.25) is 5.52 Å². The van der Waals surface area contributed by atoms with Crippen molar-refractivity contribution in [3.8, 4) is 5.75 Å². The highest BCUT2D eigenvalue weighted by atomic mass is 19.1. The third kappa shape index (κ3) is 5.21. The highest BCUT2D eigenvalue weighted by molar-refractivity contribution is 5.90. The minimum atomic E-state index is -0.846. The van der Waals surface area contributed by atoms with Crippen LogP contribution in [0, 0.1) is 18.2 Å². The Morgan fingerprint density at radius 2 is 1.78 bits per heavy atom. The zero-order valence-corrected chi connectivity index (χ0v) is 22.7. The van der Waals surface area contributed by atoms with Crippen molar-refractivity contribution in [2.75, 3.05) is 38.8 Å². The van der Waals surface area contributed by atoms with Gasteiger partial charge in [0, 0.05) is 44.4 Å². The smallest absolute Gasteiger partial charge is 0.324 e. The summed E-state index contributed by atoms with van der Waals surface area (Å²) in [6, 6.07) is 13.3. The number of hydrogen-bond acceptors (Lipinski definition) is 7. The normalized spacial score (nSPS) is 16.3. The summed E-state index contributed by atoms with van der Waals surface area (Å²) >= 11 is 0. The van der Waals surface area contributed by atoms with Gasteiger partial charge in [0.05, 0.1) is 31.5 Å². The van der Waals surface area contributed by atoms with Crippen LogP contribution in [0.3, 0.4) is 0 Å². The van der Waals surface area contributed by atoms with Gasteiger partial charge in [-0.1, -0.05) is 24.8 Å². The molecule has 0 radical (unpaired) electrons. The van der Waals surface area contributed by atoms with Gasteiger partial charge in [0.25, 0.3) is 11.4 Å². The van der Waals surface area contributed by atoms with E-state index in [-0.39, 0.29) is 23.7 Å². The van der Waals surface area contributed by atoms with Gasteiger partial charge in [-0.05, 0) is 35.9 Å². The van der Waals surface area contributed by atoms with Crippen molar-refractivity contribution < 1.29 is 23.0 Å². The van der Waals surface area contributed by atoms with Crippen LogP contribution in [-0.2, 0) is 16.6 Å².